The van der Waals surface area contributed by atoms with Crippen LogP contribution in [0.15, 0.2) is 48.5 Å². The first-order valence-corrected chi connectivity index (χ1v) is 21.0. The van der Waals surface area contributed by atoms with Crippen molar-refractivity contribution in [2.75, 3.05) is 46.2 Å². The van der Waals surface area contributed by atoms with Crippen molar-refractivity contribution in [1.29, 1.82) is 0 Å². The van der Waals surface area contributed by atoms with Crippen LogP contribution in [-0.4, -0.2) is 114 Å². The lowest BCUT2D eigenvalue weighted by Gasteiger charge is -2.28. The summed E-state index contributed by atoms with van der Waals surface area (Å²) in [7, 11) is 0. The predicted octanol–water partition coefficient (Wildman–Crippen LogP) is -1.59. The third kappa shape index (κ3) is 16.5. The van der Waals surface area contributed by atoms with E-state index in [0.717, 1.165) is 11.1 Å². The van der Waals surface area contributed by atoms with Gasteiger partial charge >= 0.3 is 30.0 Å². The summed E-state index contributed by atoms with van der Waals surface area (Å²) in [6, 6.07) is 14.1. The maximum atomic E-state index is 13.3. The fourth-order valence-corrected chi connectivity index (χ4v) is 5.96. The number of ether oxygens (including phenoxy) is 6. The van der Waals surface area contributed by atoms with Crippen LogP contribution in [0.1, 0.15) is 55.9 Å². The van der Waals surface area contributed by atoms with E-state index in [4.69, 9.17) is 55.5 Å². The molecule has 2 aromatic carbocycles. The van der Waals surface area contributed by atoms with Crippen LogP contribution >= 0.6 is 23.5 Å². The van der Waals surface area contributed by atoms with Crippen molar-refractivity contribution in [3.63, 3.8) is 0 Å². The average molecular weight is 924 g/mol. The van der Waals surface area contributed by atoms with Crippen molar-refractivity contribution < 1.29 is 87.9 Å². The second kappa shape index (κ2) is 24.2. The molecule has 0 radical (unpaired) electrons. The monoisotopic (exact) mass is 923 g/mol. The number of benzene rings is 2. The number of amidine groups is 2. The first-order valence-electron chi connectivity index (χ1n) is 19.1. The van der Waals surface area contributed by atoms with Crippen molar-refractivity contribution in [1.82, 2.24) is 5.06 Å². The SMILES string of the molecule is CC(CO)(COC(=O)COCC(C)(COC(=O)OCC(C)(CO)C(=O)OCc1ccc(CSC(N)=[NH2+])cc1)C(=O)ON1C(=O)CCC1=O)C(=O)OCc1ccc(CSC(N)=[NH2+])cc1. The molecule has 1 aliphatic heterocycles. The van der Waals surface area contributed by atoms with Gasteiger partial charge in [-0.15, -0.1) is 5.06 Å². The molecule has 0 bridgehead atoms. The predicted molar refractivity (Wildman–Crippen MR) is 222 cm³/mol. The number of imide groups is 1. The topological polar surface area (TPSA) is 331 Å². The molecule has 2 aromatic rings. The third-order valence-electron chi connectivity index (χ3n) is 9.16. The summed E-state index contributed by atoms with van der Waals surface area (Å²) >= 11 is 2.52. The summed E-state index contributed by atoms with van der Waals surface area (Å²) in [6.07, 6.45) is -1.84. The number of carbonyl (C=O) groups excluding carboxylic acids is 7. The minimum absolute atomic E-state index is 0.140. The molecule has 3 unspecified atom stereocenters. The molecule has 21 nitrogen and oxygen atoms in total. The van der Waals surface area contributed by atoms with E-state index >= 15 is 0 Å². The molecule has 1 fully saturated rings. The average Bonchev–Trinajstić information content (AvgIpc) is 3.58. The van der Waals surface area contributed by atoms with Crippen molar-refractivity contribution in [2.24, 2.45) is 27.7 Å². The van der Waals surface area contributed by atoms with E-state index in [1.165, 1.54) is 44.3 Å². The zero-order valence-electron chi connectivity index (χ0n) is 35.0. The minimum Gasteiger partial charge on any atom is -0.463 e. The first kappa shape index (κ1) is 51.6. The third-order valence-corrected chi connectivity index (χ3v) is 10.8. The molecular formula is C40H53N5O16S2+2. The Morgan fingerprint density at radius 2 is 1.02 bits per heavy atom. The Bertz CT molecular complexity index is 1970. The van der Waals surface area contributed by atoms with Gasteiger partial charge in [0.2, 0.25) is 0 Å². The summed E-state index contributed by atoms with van der Waals surface area (Å²) in [4.78, 5) is 93.9. The molecule has 23 heteroatoms. The van der Waals surface area contributed by atoms with Gasteiger partial charge in [0.15, 0.2) is 0 Å². The summed E-state index contributed by atoms with van der Waals surface area (Å²) < 4.78 is 31.4. The molecule has 3 atom stereocenters. The van der Waals surface area contributed by atoms with Crippen molar-refractivity contribution in [2.45, 2.75) is 58.3 Å². The van der Waals surface area contributed by atoms with Gasteiger partial charge in [-0.1, -0.05) is 48.5 Å². The Hall–Kier alpha value is -5.75. The highest BCUT2D eigenvalue weighted by Crippen LogP contribution is 2.26. The molecule has 63 heavy (non-hydrogen) atoms. The molecule has 1 saturated heterocycles. The van der Waals surface area contributed by atoms with Gasteiger partial charge < -0.3 is 43.5 Å². The first-order chi connectivity index (χ1) is 29.7. The molecule has 0 saturated carbocycles. The maximum Gasteiger partial charge on any atom is 0.508 e. The fourth-order valence-electron chi connectivity index (χ4n) is 4.91. The maximum absolute atomic E-state index is 13.3. The lowest BCUT2D eigenvalue weighted by molar-refractivity contribution is -0.209. The number of aliphatic hydroxyl groups is 2. The number of rotatable bonds is 24. The van der Waals surface area contributed by atoms with Crippen LogP contribution in [0.4, 0.5) is 4.79 Å². The van der Waals surface area contributed by atoms with Gasteiger partial charge in [-0.25, -0.2) is 14.4 Å². The van der Waals surface area contributed by atoms with E-state index in [1.807, 2.05) is 0 Å². The van der Waals surface area contributed by atoms with Crippen LogP contribution in [0.2, 0.25) is 0 Å². The number of amides is 2. The minimum atomic E-state index is -2.00. The fraction of sp³-hybridized carbons (Fsp3) is 0.475. The number of thioether (sulfide) groups is 2. The Balaban J connectivity index is 1.55. The van der Waals surface area contributed by atoms with Gasteiger partial charge in [0, 0.05) is 24.3 Å². The van der Waals surface area contributed by atoms with Crippen LogP contribution in [-0.2, 0) is 86.7 Å². The van der Waals surface area contributed by atoms with Gasteiger partial charge in [0.25, 0.3) is 22.1 Å². The Labute approximate surface area is 370 Å². The van der Waals surface area contributed by atoms with Crippen LogP contribution in [0, 0.1) is 16.2 Å². The van der Waals surface area contributed by atoms with Gasteiger partial charge in [0.1, 0.15) is 55.9 Å². The quantitative estimate of drug-likeness (QED) is 0.0227. The number of aliphatic hydroxyl groups excluding tert-OH is 2. The Morgan fingerprint density at radius 1 is 0.619 bits per heavy atom. The largest absolute Gasteiger partial charge is 0.508 e. The normalized spacial score (nSPS) is 15.2. The summed E-state index contributed by atoms with van der Waals surface area (Å²) in [5, 5.41) is 31.7. The highest BCUT2D eigenvalue weighted by molar-refractivity contribution is 8.13. The highest BCUT2D eigenvalue weighted by Gasteiger charge is 2.44. The van der Waals surface area contributed by atoms with E-state index in [-0.39, 0.29) is 41.5 Å². The number of nitrogens with two attached hydrogens (primary N) is 4. The molecule has 3 rings (SSSR count). The van der Waals surface area contributed by atoms with E-state index in [1.54, 1.807) is 48.5 Å². The van der Waals surface area contributed by atoms with Gasteiger partial charge in [0.05, 0.1) is 19.8 Å². The number of nitrogens with zero attached hydrogens (tertiary/aromatic N) is 1. The van der Waals surface area contributed by atoms with Gasteiger partial charge in [-0.2, -0.15) is 0 Å². The second-order valence-electron chi connectivity index (χ2n) is 15.1. The number of hydroxylamine groups is 2. The Kier molecular flexibility index (Phi) is 19.8. The molecule has 0 spiro atoms. The van der Waals surface area contributed by atoms with E-state index in [0.29, 0.717) is 22.6 Å². The lowest BCUT2D eigenvalue weighted by Crippen LogP contribution is -2.45. The summed E-state index contributed by atoms with van der Waals surface area (Å²) in [5.74, 6) is -4.60. The van der Waals surface area contributed by atoms with E-state index in [2.05, 4.69) is 0 Å². The summed E-state index contributed by atoms with van der Waals surface area (Å²) in [6.45, 7) is -1.84. The van der Waals surface area contributed by atoms with E-state index < -0.39 is 104 Å². The number of esters is 3. The van der Waals surface area contributed by atoms with Gasteiger partial charge in [-0.3, -0.25) is 41.5 Å². The lowest BCUT2D eigenvalue weighted by atomic mass is 9.93. The number of hydrogen-bond donors (Lipinski definition) is 6. The molecule has 1 aliphatic rings. The standard InChI is InChI=1S/C40H51N5O16S2/c1-38(19-46,32(51)56-14-25-4-8-27(9-5-25)17-62-35(41)42)22-58-31(50)16-55-21-40(3,34(53)61-45-29(48)12-13-30(45)49)24-60-37(54)59-23-39(2,20-47)33(52)57-15-26-6-10-28(11-7-26)18-63-36(43)44/h4-11,46-47H,12-24H2,1-3H3,(H3,41,42)(H3,43,44)/p+2. The van der Waals surface area contributed by atoms with Crippen molar-refractivity contribution >= 4 is 75.7 Å². The molecule has 10 N–H and O–H groups in total. The second-order valence-corrected chi connectivity index (χ2v) is 17.2. The van der Waals surface area contributed by atoms with Gasteiger partial charge in [-0.05, 0) is 66.5 Å². The molecular weight excluding hydrogens is 871 g/mol. The zero-order chi connectivity index (χ0) is 46.8. The highest BCUT2D eigenvalue weighted by atomic mass is 32.2. The molecule has 2 amide bonds. The number of carbonyl (C=O) groups is 7. The Morgan fingerprint density at radius 3 is 1.43 bits per heavy atom. The van der Waals surface area contributed by atoms with E-state index in [9.17, 15) is 43.8 Å². The summed E-state index contributed by atoms with van der Waals surface area (Å²) in [5.41, 5.74) is 8.67. The van der Waals surface area contributed by atoms with Crippen LogP contribution in [0.25, 0.3) is 0 Å². The molecule has 344 valence electrons. The molecule has 0 aromatic heterocycles. The van der Waals surface area contributed by atoms with Crippen LogP contribution in [0.5, 0.6) is 0 Å². The van der Waals surface area contributed by atoms with Crippen molar-refractivity contribution in [3.05, 3.63) is 70.8 Å². The van der Waals surface area contributed by atoms with Crippen molar-refractivity contribution in [3.8, 4) is 0 Å². The smallest absolute Gasteiger partial charge is 0.463 e. The zero-order valence-corrected chi connectivity index (χ0v) is 36.6. The van der Waals surface area contributed by atoms with Crippen LogP contribution < -0.4 is 22.3 Å². The number of hydrogen-bond acceptors (Lipinski definition) is 18. The molecule has 0 aliphatic carbocycles. The van der Waals surface area contributed by atoms with Crippen LogP contribution in [0.3, 0.4) is 0 Å². The molecule has 1 heterocycles.